The van der Waals surface area contributed by atoms with Crippen LogP contribution in [-0.2, 0) is 14.3 Å². The van der Waals surface area contributed by atoms with Gasteiger partial charge in [-0.1, -0.05) is 36.4 Å². The van der Waals surface area contributed by atoms with Gasteiger partial charge < -0.3 is 25.4 Å². The summed E-state index contributed by atoms with van der Waals surface area (Å²) in [6.07, 6.45) is 1.59. The molecule has 0 aromatic heterocycles. The lowest BCUT2D eigenvalue weighted by atomic mass is 9.87. The Morgan fingerprint density at radius 1 is 1.03 bits per heavy atom. The highest BCUT2D eigenvalue weighted by Crippen LogP contribution is 2.35. The average molecular weight is 510 g/mol. The molecule has 1 aliphatic rings. The smallest absolute Gasteiger partial charge is 0.408 e. The Morgan fingerprint density at radius 3 is 2.24 bits per heavy atom. The number of ether oxygens (including phenoxy) is 1. The maximum Gasteiger partial charge on any atom is 0.408 e. The van der Waals surface area contributed by atoms with E-state index in [0.717, 1.165) is 36.0 Å². The van der Waals surface area contributed by atoms with Gasteiger partial charge in [-0.3, -0.25) is 9.59 Å². The van der Waals surface area contributed by atoms with E-state index in [1.165, 1.54) is 0 Å². The van der Waals surface area contributed by atoms with E-state index in [9.17, 15) is 19.5 Å². The summed E-state index contributed by atoms with van der Waals surface area (Å²) in [7, 11) is 0. The number of nitrogens with one attached hydrogen (secondary N) is 2. The first-order valence-corrected chi connectivity index (χ1v) is 12.8. The molecule has 0 spiro atoms. The van der Waals surface area contributed by atoms with E-state index >= 15 is 0 Å². The number of rotatable bonds is 8. The molecule has 0 bridgehead atoms. The van der Waals surface area contributed by atoms with Gasteiger partial charge in [0.1, 0.15) is 17.7 Å². The summed E-state index contributed by atoms with van der Waals surface area (Å²) in [6, 6.07) is 10.8. The zero-order valence-electron chi connectivity index (χ0n) is 22.6. The lowest BCUT2D eigenvalue weighted by Gasteiger charge is -2.43. The minimum atomic E-state index is -1.25. The molecule has 0 aliphatic heterocycles. The monoisotopic (exact) mass is 509 g/mol. The highest BCUT2D eigenvalue weighted by molar-refractivity contribution is 5.99. The molecular weight excluding hydrogens is 470 g/mol. The molecule has 2 unspecified atom stereocenters. The van der Waals surface area contributed by atoms with Crippen LogP contribution in [0.3, 0.4) is 0 Å². The fraction of sp³-hybridized carbons (Fsp3) is 0.483. The van der Waals surface area contributed by atoms with Crippen molar-refractivity contribution in [2.45, 2.75) is 84.5 Å². The van der Waals surface area contributed by atoms with Crippen molar-refractivity contribution >= 4 is 23.6 Å². The van der Waals surface area contributed by atoms with Gasteiger partial charge in [0.25, 0.3) is 5.91 Å². The van der Waals surface area contributed by atoms with Crippen molar-refractivity contribution in [3.63, 3.8) is 0 Å². The van der Waals surface area contributed by atoms with E-state index in [0.29, 0.717) is 11.3 Å². The van der Waals surface area contributed by atoms with E-state index in [2.05, 4.69) is 10.6 Å². The quantitative estimate of drug-likeness (QED) is 0.484. The van der Waals surface area contributed by atoms with Crippen molar-refractivity contribution in [1.29, 1.82) is 0 Å². The molecule has 1 aliphatic carbocycles. The second kappa shape index (κ2) is 11.8. The van der Waals surface area contributed by atoms with Gasteiger partial charge in [0, 0.05) is 11.7 Å². The Morgan fingerprint density at radius 2 is 1.70 bits per heavy atom. The van der Waals surface area contributed by atoms with Crippen molar-refractivity contribution in [2.75, 3.05) is 11.9 Å². The zero-order valence-corrected chi connectivity index (χ0v) is 22.6. The molecule has 2 aromatic rings. The lowest BCUT2D eigenvalue weighted by molar-refractivity contribution is -0.146. The molecule has 8 nitrogen and oxygen atoms in total. The number of benzene rings is 2. The van der Waals surface area contributed by atoms with Crippen molar-refractivity contribution in [1.82, 2.24) is 10.2 Å². The number of carbonyl (C=O) groups is 3. The standard InChI is InChI=1S/C29H39N3O5/c1-18-14-15-21(16-20(18)3)25(26(34)30-23-13-8-7-10-19(23)2)32(22-11-9-12-22)27(35)24(17-33)31-28(36)37-29(4,5)6/h7-8,10,13-16,22,24-25,33H,9,11-12,17H2,1-6H3,(H,30,34)(H,31,36). The van der Waals surface area contributed by atoms with Crippen LogP contribution in [0.4, 0.5) is 10.5 Å². The normalized spacial score (nSPS) is 15.2. The SMILES string of the molecule is Cc1ccc(C(C(=O)Nc2ccccc2C)N(C(=O)C(CO)NC(=O)OC(C)(C)C)C2CCC2)cc1C. The molecule has 1 fully saturated rings. The van der Waals surface area contributed by atoms with Gasteiger partial charge in [0.05, 0.1) is 6.61 Å². The van der Waals surface area contributed by atoms with Crippen LogP contribution in [0.1, 0.15) is 68.3 Å². The molecular formula is C29H39N3O5. The van der Waals surface area contributed by atoms with E-state index in [1.54, 1.807) is 25.7 Å². The van der Waals surface area contributed by atoms with Crippen molar-refractivity contribution in [3.8, 4) is 0 Å². The van der Waals surface area contributed by atoms with Gasteiger partial charge in [0.15, 0.2) is 0 Å². The fourth-order valence-corrected chi connectivity index (χ4v) is 4.29. The van der Waals surface area contributed by atoms with Gasteiger partial charge in [-0.2, -0.15) is 0 Å². The number of amides is 3. The molecule has 3 rings (SSSR count). The number of carbonyl (C=O) groups excluding carboxylic acids is 3. The number of para-hydroxylation sites is 1. The van der Waals surface area contributed by atoms with Crippen LogP contribution in [0.2, 0.25) is 0 Å². The third-order valence-corrected chi connectivity index (χ3v) is 6.67. The molecule has 1 saturated carbocycles. The summed E-state index contributed by atoms with van der Waals surface area (Å²) in [4.78, 5) is 41.8. The average Bonchev–Trinajstić information content (AvgIpc) is 2.78. The van der Waals surface area contributed by atoms with Crippen LogP contribution in [0.5, 0.6) is 0 Å². The van der Waals surface area contributed by atoms with E-state index < -0.39 is 36.3 Å². The van der Waals surface area contributed by atoms with Gasteiger partial charge in [-0.25, -0.2) is 4.79 Å². The molecule has 0 saturated heterocycles. The second-order valence-corrected chi connectivity index (χ2v) is 10.8. The molecule has 3 amide bonds. The largest absolute Gasteiger partial charge is 0.444 e. The van der Waals surface area contributed by atoms with Crippen LogP contribution in [0.25, 0.3) is 0 Å². The molecule has 8 heteroatoms. The number of anilines is 1. The van der Waals surface area contributed by atoms with E-state index in [1.807, 2.05) is 63.2 Å². The van der Waals surface area contributed by atoms with Gasteiger partial charge in [-0.05, 0) is 89.1 Å². The number of nitrogens with zero attached hydrogens (tertiary/aromatic N) is 1. The summed E-state index contributed by atoms with van der Waals surface area (Å²) in [5.41, 5.74) is 3.53. The predicted octanol–water partition coefficient (Wildman–Crippen LogP) is 4.56. The van der Waals surface area contributed by atoms with Crippen LogP contribution in [0, 0.1) is 20.8 Å². The number of hydrogen-bond donors (Lipinski definition) is 3. The Kier molecular flexibility index (Phi) is 8.97. The first kappa shape index (κ1) is 28.2. The van der Waals surface area contributed by atoms with Crippen molar-refractivity contribution < 1.29 is 24.2 Å². The fourth-order valence-electron chi connectivity index (χ4n) is 4.29. The minimum absolute atomic E-state index is 0.198. The number of alkyl carbamates (subject to hydrolysis) is 1. The number of aliphatic hydroxyl groups excluding tert-OH is 1. The van der Waals surface area contributed by atoms with E-state index in [4.69, 9.17) is 4.74 Å². The first-order chi connectivity index (χ1) is 17.4. The minimum Gasteiger partial charge on any atom is -0.444 e. The molecule has 0 heterocycles. The van der Waals surface area contributed by atoms with Crippen molar-refractivity contribution in [3.05, 3.63) is 64.7 Å². The molecule has 2 atom stereocenters. The Labute approximate surface area is 219 Å². The third-order valence-electron chi connectivity index (χ3n) is 6.67. The van der Waals surface area contributed by atoms with Crippen LogP contribution >= 0.6 is 0 Å². The Bertz CT molecular complexity index is 1140. The maximum absolute atomic E-state index is 13.9. The molecule has 2 aromatic carbocycles. The van der Waals surface area contributed by atoms with Gasteiger partial charge in [0.2, 0.25) is 5.91 Å². The molecule has 0 radical (unpaired) electrons. The number of aryl methyl sites for hydroxylation is 3. The molecule has 3 N–H and O–H groups in total. The summed E-state index contributed by atoms with van der Waals surface area (Å²) < 4.78 is 5.30. The Hall–Kier alpha value is -3.39. The Balaban J connectivity index is 2.01. The lowest BCUT2D eigenvalue weighted by Crippen LogP contribution is -2.58. The summed E-state index contributed by atoms with van der Waals surface area (Å²) >= 11 is 0. The maximum atomic E-state index is 13.9. The molecule has 37 heavy (non-hydrogen) atoms. The van der Waals surface area contributed by atoms with Gasteiger partial charge >= 0.3 is 6.09 Å². The predicted molar refractivity (Wildman–Crippen MR) is 143 cm³/mol. The van der Waals surface area contributed by atoms with Crippen molar-refractivity contribution in [2.24, 2.45) is 0 Å². The highest BCUT2D eigenvalue weighted by Gasteiger charge is 2.42. The second-order valence-electron chi connectivity index (χ2n) is 10.8. The number of hydrogen-bond acceptors (Lipinski definition) is 5. The summed E-state index contributed by atoms with van der Waals surface area (Å²) in [6.45, 7) is 10.4. The zero-order chi connectivity index (χ0) is 27.3. The topological polar surface area (TPSA) is 108 Å². The van der Waals surface area contributed by atoms with Gasteiger partial charge in [-0.15, -0.1) is 0 Å². The summed E-state index contributed by atoms with van der Waals surface area (Å²) in [5, 5.41) is 15.6. The van der Waals surface area contributed by atoms with Crippen LogP contribution in [0.15, 0.2) is 42.5 Å². The number of aliphatic hydroxyl groups is 1. The van der Waals surface area contributed by atoms with E-state index in [-0.39, 0.29) is 11.9 Å². The van der Waals surface area contributed by atoms with Crippen LogP contribution < -0.4 is 10.6 Å². The first-order valence-electron chi connectivity index (χ1n) is 12.8. The molecule has 200 valence electrons. The summed E-state index contributed by atoms with van der Waals surface area (Å²) in [5.74, 6) is -0.881. The highest BCUT2D eigenvalue weighted by atomic mass is 16.6. The van der Waals surface area contributed by atoms with Crippen LogP contribution in [-0.4, -0.2) is 52.2 Å². The third kappa shape index (κ3) is 7.10.